The fraction of sp³-hybridized carbons (Fsp3) is 0.263. The Hall–Kier alpha value is -2.13. The highest BCUT2D eigenvalue weighted by Crippen LogP contribution is 2.10. The van der Waals surface area contributed by atoms with Gasteiger partial charge in [-0.15, -0.1) is 0 Å². The van der Waals surface area contributed by atoms with Crippen molar-refractivity contribution in [2.45, 2.75) is 32.6 Å². The predicted molar refractivity (Wildman–Crippen MR) is 95.8 cm³/mol. The van der Waals surface area contributed by atoms with Gasteiger partial charge >= 0.3 is 0 Å². The van der Waals surface area contributed by atoms with Gasteiger partial charge in [0, 0.05) is 5.02 Å². The van der Waals surface area contributed by atoms with Gasteiger partial charge in [-0.2, -0.15) is 5.10 Å². The lowest BCUT2D eigenvalue weighted by Crippen LogP contribution is -2.22. The van der Waals surface area contributed by atoms with Crippen LogP contribution < -0.4 is 5.43 Å². The highest BCUT2D eigenvalue weighted by molar-refractivity contribution is 6.30. The van der Waals surface area contributed by atoms with Crippen molar-refractivity contribution in [3.05, 3.63) is 70.7 Å². The van der Waals surface area contributed by atoms with Crippen LogP contribution in [0.1, 0.15) is 37.3 Å². The molecule has 2 aromatic rings. The van der Waals surface area contributed by atoms with Crippen LogP contribution in [-0.2, 0) is 11.2 Å². The standard InChI is InChI=1S/C19H21ClN2O/c1-2-3-9-18(16-7-5-4-6-8-16)21-22-19(23)14-15-10-12-17(20)13-11-15/h4-8,10-13H,2-3,9,14H2,1H3,(H,22,23)/b21-18-. The fourth-order valence-corrected chi connectivity index (χ4v) is 2.32. The first-order valence-corrected chi connectivity index (χ1v) is 8.22. The summed E-state index contributed by atoms with van der Waals surface area (Å²) < 4.78 is 0. The van der Waals surface area contributed by atoms with Crippen molar-refractivity contribution in [1.82, 2.24) is 5.43 Å². The summed E-state index contributed by atoms with van der Waals surface area (Å²) in [5, 5.41) is 5.00. The molecule has 0 heterocycles. The van der Waals surface area contributed by atoms with Gasteiger partial charge in [0.1, 0.15) is 0 Å². The summed E-state index contributed by atoms with van der Waals surface area (Å²) in [6.07, 6.45) is 3.27. The van der Waals surface area contributed by atoms with Crippen LogP contribution in [-0.4, -0.2) is 11.6 Å². The zero-order chi connectivity index (χ0) is 16.5. The number of nitrogens with zero attached hydrogens (tertiary/aromatic N) is 1. The minimum absolute atomic E-state index is 0.128. The number of halogens is 1. The molecule has 0 atom stereocenters. The minimum atomic E-state index is -0.128. The largest absolute Gasteiger partial charge is 0.273 e. The van der Waals surface area contributed by atoms with E-state index in [1.54, 1.807) is 12.1 Å². The number of amides is 1. The quantitative estimate of drug-likeness (QED) is 0.586. The number of carbonyl (C=O) groups is 1. The van der Waals surface area contributed by atoms with Crippen molar-refractivity contribution in [3.8, 4) is 0 Å². The Labute approximate surface area is 142 Å². The first-order valence-electron chi connectivity index (χ1n) is 7.84. The smallest absolute Gasteiger partial charge is 0.244 e. The van der Waals surface area contributed by atoms with Crippen LogP contribution >= 0.6 is 11.6 Å². The lowest BCUT2D eigenvalue weighted by molar-refractivity contribution is -0.120. The zero-order valence-electron chi connectivity index (χ0n) is 13.3. The molecule has 0 fully saturated rings. The topological polar surface area (TPSA) is 41.5 Å². The molecule has 0 radical (unpaired) electrons. The number of hydrogen-bond donors (Lipinski definition) is 1. The van der Waals surface area contributed by atoms with Crippen LogP contribution in [0.4, 0.5) is 0 Å². The summed E-state index contributed by atoms with van der Waals surface area (Å²) in [4.78, 5) is 12.1. The first kappa shape index (κ1) is 17.2. The van der Waals surface area contributed by atoms with Gasteiger partial charge in [-0.1, -0.05) is 67.4 Å². The third-order valence-corrected chi connectivity index (χ3v) is 3.72. The average Bonchev–Trinajstić information content (AvgIpc) is 2.58. The van der Waals surface area contributed by atoms with Crippen LogP contribution in [0, 0.1) is 0 Å². The molecule has 1 amide bonds. The monoisotopic (exact) mass is 328 g/mol. The molecule has 0 aromatic heterocycles. The molecule has 2 aromatic carbocycles. The molecule has 0 saturated heterocycles. The number of unbranched alkanes of at least 4 members (excludes halogenated alkanes) is 1. The first-order chi connectivity index (χ1) is 11.2. The van der Waals surface area contributed by atoms with E-state index in [1.807, 2.05) is 42.5 Å². The number of carbonyl (C=O) groups excluding carboxylic acids is 1. The van der Waals surface area contributed by atoms with Gasteiger partial charge < -0.3 is 0 Å². The molecular weight excluding hydrogens is 308 g/mol. The number of benzene rings is 2. The zero-order valence-corrected chi connectivity index (χ0v) is 14.0. The SMILES string of the molecule is CCCC/C(=N/NC(=O)Cc1ccc(Cl)cc1)c1ccccc1. The number of rotatable bonds is 7. The maximum absolute atomic E-state index is 12.1. The Bertz CT molecular complexity index is 651. The summed E-state index contributed by atoms with van der Waals surface area (Å²) in [7, 11) is 0. The Balaban J connectivity index is 2.01. The van der Waals surface area contributed by atoms with E-state index in [4.69, 9.17) is 11.6 Å². The van der Waals surface area contributed by atoms with E-state index in [1.165, 1.54) is 0 Å². The Kier molecular flexibility index (Phi) is 6.82. The second-order valence-corrected chi connectivity index (χ2v) is 5.80. The number of hydrogen-bond acceptors (Lipinski definition) is 2. The summed E-state index contributed by atoms with van der Waals surface area (Å²) in [6, 6.07) is 17.2. The maximum Gasteiger partial charge on any atom is 0.244 e. The molecule has 0 unspecified atom stereocenters. The van der Waals surface area contributed by atoms with Gasteiger partial charge in [-0.25, -0.2) is 5.43 Å². The molecule has 1 N–H and O–H groups in total. The number of hydrazone groups is 1. The molecule has 4 heteroatoms. The lowest BCUT2D eigenvalue weighted by Gasteiger charge is -2.07. The molecule has 0 saturated carbocycles. The summed E-state index contributed by atoms with van der Waals surface area (Å²) in [5.41, 5.74) is 5.55. The summed E-state index contributed by atoms with van der Waals surface area (Å²) in [5.74, 6) is -0.128. The van der Waals surface area contributed by atoms with Gasteiger partial charge in [0.25, 0.3) is 0 Å². The molecule has 0 spiro atoms. The number of nitrogens with one attached hydrogen (secondary N) is 1. The summed E-state index contributed by atoms with van der Waals surface area (Å²) in [6.45, 7) is 2.14. The van der Waals surface area contributed by atoms with Crippen LogP contribution in [0.2, 0.25) is 5.02 Å². The molecule has 23 heavy (non-hydrogen) atoms. The lowest BCUT2D eigenvalue weighted by atomic mass is 10.1. The van der Waals surface area contributed by atoms with E-state index in [0.29, 0.717) is 5.02 Å². The fourth-order valence-electron chi connectivity index (χ4n) is 2.20. The van der Waals surface area contributed by atoms with Gasteiger partial charge in [-0.05, 0) is 36.1 Å². The molecule has 0 aliphatic carbocycles. The van der Waals surface area contributed by atoms with Crippen molar-refractivity contribution in [1.29, 1.82) is 0 Å². The van der Waals surface area contributed by atoms with Crippen molar-refractivity contribution >= 4 is 23.2 Å². The molecule has 0 aliphatic heterocycles. The molecule has 3 nitrogen and oxygen atoms in total. The van der Waals surface area contributed by atoms with Crippen molar-refractivity contribution in [2.24, 2.45) is 5.10 Å². The van der Waals surface area contributed by atoms with Crippen LogP contribution in [0.3, 0.4) is 0 Å². The Morgan fingerprint density at radius 3 is 2.43 bits per heavy atom. The van der Waals surface area contributed by atoms with Crippen LogP contribution in [0.5, 0.6) is 0 Å². The van der Waals surface area contributed by atoms with Gasteiger partial charge in [0.05, 0.1) is 12.1 Å². The van der Waals surface area contributed by atoms with Gasteiger partial charge in [-0.3, -0.25) is 4.79 Å². The van der Waals surface area contributed by atoms with Crippen molar-refractivity contribution in [3.63, 3.8) is 0 Å². The van der Waals surface area contributed by atoms with Crippen molar-refractivity contribution < 1.29 is 4.79 Å². The summed E-state index contributed by atoms with van der Waals surface area (Å²) >= 11 is 5.84. The van der Waals surface area contributed by atoms with Gasteiger partial charge in [0.15, 0.2) is 0 Å². The van der Waals surface area contributed by atoms with Gasteiger partial charge in [0.2, 0.25) is 5.91 Å². The molecule has 0 aliphatic rings. The highest BCUT2D eigenvalue weighted by atomic mass is 35.5. The average molecular weight is 329 g/mol. The van der Waals surface area contributed by atoms with E-state index in [9.17, 15) is 4.79 Å². The molecular formula is C19H21ClN2O. The molecule has 120 valence electrons. The van der Waals surface area contributed by atoms with E-state index in [2.05, 4.69) is 17.5 Å². The van der Waals surface area contributed by atoms with E-state index in [-0.39, 0.29) is 12.3 Å². The molecule has 0 bridgehead atoms. The Morgan fingerprint density at radius 2 is 1.78 bits per heavy atom. The predicted octanol–water partition coefficient (Wildman–Crippen LogP) is 4.59. The third-order valence-electron chi connectivity index (χ3n) is 3.47. The highest BCUT2D eigenvalue weighted by Gasteiger charge is 2.06. The van der Waals surface area contributed by atoms with E-state index >= 15 is 0 Å². The van der Waals surface area contributed by atoms with Crippen LogP contribution in [0.15, 0.2) is 59.7 Å². The second-order valence-electron chi connectivity index (χ2n) is 5.37. The third kappa shape index (κ3) is 5.87. The Morgan fingerprint density at radius 1 is 1.09 bits per heavy atom. The normalized spacial score (nSPS) is 11.3. The van der Waals surface area contributed by atoms with E-state index in [0.717, 1.165) is 36.1 Å². The molecule has 2 rings (SSSR count). The van der Waals surface area contributed by atoms with E-state index < -0.39 is 0 Å². The minimum Gasteiger partial charge on any atom is -0.273 e. The van der Waals surface area contributed by atoms with Crippen molar-refractivity contribution in [2.75, 3.05) is 0 Å². The van der Waals surface area contributed by atoms with Crippen LogP contribution in [0.25, 0.3) is 0 Å². The second kappa shape index (κ2) is 9.11. The maximum atomic E-state index is 12.1.